The molecular weight excluding hydrogens is 203 g/mol. The number of para-hydroxylation sites is 1. The third-order valence-electron chi connectivity index (χ3n) is 2.32. The predicted octanol–water partition coefficient (Wildman–Crippen LogP) is 2.21. The second-order valence-electron chi connectivity index (χ2n) is 3.51. The molecule has 0 atom stereocenters. The van der Waals surface area contributed by atoms with Gasteiger partial charge in [-0.1, -0.05) is 36.3 Å². The second kappa shape index (κ2) is 4.70. The maximum Gasteiger partial charge on any atom is 0.392 e. The first-order valence-electron chi connectivity index (χ1n) is 5.09. The van der Waals surface area contributed by atoms with E-state index in [1.807, 2.05) is 24.2 Å². The van der Waals surface area contributed by atoms with Gasteiger partial charge in [-0.05, 0) is 18.5 Å². The third kappa shape index (κ3) is 2.34. The molecule has 1 heterocycles. The molecule has 4 heteroatoms. The fourth-order valence-electron chi connectivity index (χ4n) is 1.49. The molecule has 0 aromatic heterocycles. The minimum absolute atomic E-state index is 0.0529. The summed E-state index contributed by atoms with van der Waals surface area (Å²) in [5, 5.41) is 9.48. The first kappa shape index (κ1) is 10.5. The van der Waals surface area contributed by atoms with Crippen molar-refractivity contribution in [1.82, 2.24) is 0 Å². The molecule has 1 aromatic rings. The molecule has 0 amide bonds. The van der Waals surface area contributed by atoms with E-state index in [1.54, 1.807) is 18.2 Å². The van der Waals surface area contributed by atoms with E-state index in [0.717, 1.165) is 0 Å². The first-order valence-corrected chi connectivity index (χ1v) is 5.09. The van der Waals surface area contributed by atoms with E-state index in [4.69, 9.17) is 4.65 Å². The van der Waals surface area contributed by atoms with Crippen LogP contribution in [0.25, 0.3) is 0 Å². The standard InChI is InChI=1S/C12H11BO3/c14-11-7-3-2-6-10(11)12(15)16-13-8-4-1-5-9-13/h1-8,14H,9H2. The van der Waals surface area contributed by atoms with Crippen LogP contribution in [-0.2, 0) is 4.65 Å². The average Bonchev–Trinajstić information content (AvgIpc) is 2.31. The monoisotopic (exact) mass is 214 g/mol. The maximum absolute atomic E-state index is 11.7. The molecule has 16 heavy (non-hydrogen) atoms. The summed E-state index contributed by atoms with van der Waals surface area (Å²) in [6.07, 6.45) is 6.36. The molecule has 0 bridgehead atoms. The Morgan fingerprint density at radius 3 is 2.81 bits per heavy atom. The van der Waals surface area contributed by atoms with Crippen LogP contribution in [0.4, 0.5) is 0 Å². The van der Waals surface area contributed by atoms with Gasteiger partial charge in [-0.15, -0.1) is 0 Å². The molecule has 0 saturated heterocycles. The van der Waals surface area contributed by atoms with Crippen LogP contribution in [-0.4, -0.2) is 18.0 Å². The summed E-state index contributed by atoms with van der Waals surface area (Å²) >= 11 is 0. The van der Waals surface area contributed by atoms with Crippen molar-refractivity contribution in [2.24, 2.45) is 0 Å². The summed E-state index contributed by atoms with van der Waals surface area (Å²) in [6.45, 7) is -0.239. The van der Waals surface area contributed by atoms with Crippen LogP contribution < -0.4 is 0 Å². The lowest BCUT2D eigenvalue weighted by molar-refractivity contribution is 0.0732. The minimum atomic E-state index is -0.497. The molecule has 0 radical (unpaired) electrons. The van der Waals surface area contributed by atoms with Crippen molar-refractivity contribution in [2.75, 3.05) is 0 Å². The SMILES string of the molecule is O=C(OB1C=CC=CC1)c1ccccc1O. The van der Waals surface area contributed by atoms with E-state index < -0.39 is 5.97 Å². The number of allylic oxidation sites excluding steroid dienone is 3. The molecule has 0 unspecified atom stereocenters. The highest BCUT2D eigenvalue weighted by atomic mass is 16.5. The third-order valence-corrected chi connectivity index (χ3v) is 2.32. The van der Waals surface area contributed by atoms with Crippen LogP contribution in [0.15, 0.2) is 48.5 Å². The van der Waals surface area contributed by atoms with E-state index in [-0.39, 0.29) is 18.2 Å². The van der Waals surface area contributed by atoms with Gasteiger partial charge in [0.2, 0.25) is 0 Å². The summed E-state index contributed by atoms with van der Waals surface area (Å²) in [6, 6.07) is 6.36. The van der Waals surface area contributed by atoms with Crippen molar-refractivity contribution < 1.29 is 14.6 Å². The highest BCUT2D eigenvalue weighted by Crippen LogP contribution is 2.18. The van der Waals surface area contributed by atoms with Crippen molar-refractivity contribution in [3.8, 4) is 5.75 Å². The molecular formula is C12H11BO3. The summed E-state index contributed by atoms with van der Waals surface area (Å²) < 4.78 is 5.22. The maximum atomic E-state index is 11.7. The number of aromatic hydroxyl groups is 1. The molecule has 0 aliphatic carbocycles. The summed E-state index contributed by atoms with van der Waals surface area (Å²) in [7, 11) is 0. The highest BCUT2D eigenvalue weighted by molar-refractivity contribution is 6.60. The molecule has 80 valence electrons. The Bertz CT molecular complexity index is 451. The Hall–Kier alpha value is -1.97. The Balaban J connectivity index is 2.06. The van der Waals surface area contributed by atoms with Gasteiger partial charge < -0.3 is 9.76 Å². The molecule has 1 aromatic carbocycles. The van der Waals surface area contributed by atoms with Crippen molar-refractivity contribution >= 4 is 12.9 Å². The number of hydrogen-bond donors (Lipinski definition) is 1. The van der Waals surface area contributed by atoms with Crippen molar-refractivity contribution in [1.29, 1.82) is 0 Å². The number of carbonyl (C=O) groups excluding carboxylic acids is 1. The number of carbonyl (C=O) groups is 1. The molecule has 1 aliphatic rings. The van der Waals surface area contributed by atoms with Gasteiger partial charge in [-0.25, -0.2) is 4.79 Å². The normalized spacial score (nSPS) is 13.9. The lowest BCUT2D eigenvalue weighted by atomic mass is 9.62. The van der Waals surface area contributed by atoms with E-state index in [0.29, 0.717) is 6.32 Å². The zero-order valence-corrected chi connectivity index (χ0v) is 8.67. The topological polar surface area (TPSA) is 46.5 Å². The average molecular weight is 214 g/mol. The van der Waals surface area contributed by atoms with Crippen LogP contribution >= 0.6 is 0 Å². The Morgan fingerprint density at radius 1 is 1.31 bits per heavy atom. The van der Waals surface area contributed by atoms with Gasteiger partial charge in [0.15, 0.2) is 0 Å². The molecule has 0 spiro atoms. The number of phenols is 1. The number of hydrogen-bond acceptors (Lipinski definition) is 3. The van der Waals surface area contributed by atoms with Gasteiger partial charge >= 0.3 is 12.9 Å². The lowest BCUT2D eigenvalue weighted by Gasteiger charge is -2.11. The first-order chi connectivity index (χ1) is 7.77. The van der Waals surface area contributed by atoms with Gasteiger partial charge in [0, 0.05) is 0 Å². The largest absolute Gasteiger partial charge is 0.528 e. The Kier molecular flexibility index (Phi) is 3.10. The Morgan fingerprint density at radius 2 is 2.12 bits per heavy atom. The quantitative estimate of drug-likeness (QED) is 0.767. The summed E-state index contributed by atoms with van der Waals surface area (Å²) in [4.78, 5) is 11.7. The molecule has 0 saturated carbocycles. The van der Waals surface area contributed by atoms with Crippen LogP contribution in [0.5, 0.6) is 5.75 Å². The minimum Gasteiger partial charge on any atom is -0.528 e. The van der Waals surface area contributed by atoms with E-state index >= 15 is 0 Å². The molecule has 3 nitrogen and oxygen atoms in total. The van der Waals surface area contributed by atoms with Gasteiger partial charge in [-0.3, -0.25) is 0 Å². The molecule has 1 N–H and O–H groups in total. The number of rotatable bonds is 2. The number of benzene rings is 1. The van der Waals surface area contributed by atoms with Crippen LogP contribution in [0, 0.1) is 0 Å². The zero-order valence-electron chi connectivity index (χ0n) is 8.67. The van der Waals surface area contributed by atoms with Crippen LogP contribution in [0.3, 0.4) is 0 Å². The van der Waals surface area contributed by atoms with E-state index in [1.165, 1.54) is 6.07 Å². The van der Waals surface area contributed by atoms with Crippen LogP contribution in [0.2, 0.25) is 6.32 Å². The lowest BCUT2D eigenvalue weighted by Crippen LogP contribution is -2.21. The molecule has 1 aliphatic heterocycles. The van der Waals surface area contributed by atoms with Crippen LogP contribution in [0.1, 0.15) is 10.4 Å². The van der Waals surface area contributed by atoms with Gasteiger partial charge in [0.1, 0.15) is 5.75 Å². The van der Waals surface area contributed by atoms with Crippen molar-refractivity contribution in [3.63, 3.8) is 0 Å². The highest BCUT2D eigenvalue weighted by Gasteiger charge is 2.20. The van der Waals surface area contributed by atoms with E-state index in [9.17, 15) is 9.90 Å². The zero-order chi connectivity index (χ0) is 11.4. The van der Waals surface area contributed by atoms with Crippen molar-refractivity contribution in [3.05, 3.63) is 54.0 Å². The van der Waals surface area contributed by atoms with Gasteiger partial charge in [0.25, 0.3) is 0 Å². The second-order valence-corrected chi connectivity index (χ2v) is 3.51. The van der Waals surface area contributed by atoms with Crippen molar-refractivity contribution in [2.45, 2.75) is 6.32 Å². The predicted molar refractivity (Wildman–Crippen MR) is 62.4 cm³/mol. The fourth-order valence-corrected chi connectivity index (χ4v) is 1.49. The van der Waals surface area contributed by atoms with Gasteiger partial charge in [-0.2, -0.15) is 0 Å². The Labute approximate surface area is 94.2 Å². The summed E-state index contributed by atoms with van der Waals surface area (Å²) in [5.74, 6) is 1.27. The molecule has 0 fully saturated rings. The summed E-state index contributed by atoms with van der Waals surface area (Å²) in [5.41, 5.74) is 0.199. The van der Waals surface area contributed by atoms with E-state index in [2.05, 4.69) is 0 Å². The number of phenolic OH excluding ortho intramolecular Hbond substituents is 1. The molecule has 2 rings (SSSR count). The van der Waals surface area contributed by atoms with Gasteiger partial charge in [0.05, 0.1) is 5.56 Å². The smallest absolute Gasteiger partial charge is 0.392 e. The fraction of sp³-hybridized carbons (Fsp3) is 0.0833.